The number of benzene rings is 1. The molecule has 2 aliphatic rings. The Morgan fingerprint density at radius 2 is 1.92 bits per heavy atom. The van der Waals surface area contributed by atoms with Crippen LogP contribution in [0.1, 0.15) is 37.5 Å². The normalized spacial score (nSPS) is 20.5. The van der Waals surface area contributed by atoms with E-state index in [9.17, 15) is 4.79 Å². The number of H-pyrrole nitrogens is 2. The molecule has 24 heavy (non-hydrogen) atoms. The van der Waals surface area contributed by atoms with Gasteiger partial charge in [0.2, 0.25) is 11.7 Å². The maximum Gasteiger partial charge on any atom is 0.323 e. The molecule has 0 radical (unpaired) electrons. The lowest BCUT2D eigenvalue weighted by Gasteiger charge is -2.49. The third-order valence-corrected chi connectivity index (χ3v) is 5.59. The van der Waals surface area contributed by atoms with Crippen molar-refractivity contribution in [2.45, 2.75) is 31.6 Å². The second-order valence-corrected chi connectivity index (χ2v) is 7.15. The SMILES string of the molecule is O=c1[nH]c2ccc(-c3noc(C4CC5(CCNCC5)C4)n3)cc2[nH]1. The zero-order valence-electron chi connectivity index (χ0n) is 13.3. The van der Waals surface area contributed by atoms with Gasteiger partial charge in [-0.15, -0.1) is 0 Å². The van der Waals surface area contributed by atoms with Crippen molar-refractivity contribution in [3.63, 3.8) is 0 Å². The number of fused-ring (bicyclic) bond motifs is 1. The number of aromatic nitrogens is 4. The van der Waals surface area contributed by atoms with Crippen LogP contribution in [-0.4, -0.2) is 33.2 Å². The maximum atomic E-state index is 11.4. The predicted molar refractivity (Wildman–Crippen MR) is 88.7 cm³/mol. The average Bonchev–Trinajstić information content (AvgIpc) is 3.18. The minimum Gasteiger partial charge on any atom is -0.339 e. The van der Waals surface area contributed by atoms with Gasteiger partial charge >= 0.3 is 5.69 Å². The highest BCUT2D eigenvalue weighted by molar-refractivity contribution is 5.79. The van der Waals surface area contributed by atoms with E-state index < -0.39 is 0 Å². The standard InChI is InChI=1S/C17H19N5O2/c23-16-19-12-2-1-10(7-13(12)20-16)14-21-15(24-22-14)11-8-17(9-11)3-5-18-6-4-17/h1-2,7,11,18H,3-6,8-9H2,(H2,19,20,23). The second-order valence-electron chi connectivity index (χ2n) is 7.15. The Morgan fingerprint density at radius 1 is 1.12 bits per heavy atom. The summed E-state index contributed by atoms with van der Waals surface area (Å²) in [5.74, 6) is 1.72. The molecule has 0 bridgehead atoms. The molecule has 3 aromatic rings. The third-order valence-electron chi connectivity index (χ3n) is 5.59. The molecular weight excluding hydrogens is 306 g/mol. The second kappa shape index (κ2) is 5.04. The molecule has 3 N–H and O–H groups in total. The Kier molecular flexibility index (Phi) is 2.94. The molecule has 7 nitrogen and oxygen atoms in total. The summed E-state index contributed by atoms with van der Waals surface area (Å²) < 4.78 is 5.52. The van der Waals surface area contributed by atoms with E-state index in [2.05, 4.69) is 25.4 Å². The fourth-order valence-electron chi connectivity index (χ4n) is 4.22. The van der Waals surface area contributed by atoms with Crippen LogP contribution in [0.4, 0.5) is 0 Å². The van der Waals surface area contributed by atoms with Crippen molar-refractivity contribution in [3.8, 4) is 11.4 Å². The van der Waals surface area contributed by atoms with Crippen LogP contribution in [-0.2, 0) is 0 Å². The average molecular weight is 325 g/mol. The van der Waals surface area contributed by atoms with Gasteiger partial charge in [-0.25, -0.2) is 4.79 Å². The van der Waals surface area contributed by atoms with Crippen LogP contribution >= 0.6 is 0 Å². The Bertz CT molecular complexity index is 939. The lowest BCUT2D eigenvalue weighted by atomic mass is 9.58. The Hall–Kier alpha value is -2.41. The number of hydrogen-bond donors (Lipinski definition) is 3. The number of nitrogens with zero attached hydrogens (tertiary/aromatic N) is 2. The van der Waals surface area contributed by atoms with E-state index in [0.717, 1.165) is 48.4 Å². The lowest BCUT2D eigenvalue weighted by molar-refractivity contribution is 0.0461. The smallest absolute Gasteiger partial charge is 0.323 e. The monoisotopic (exact) mass is 325 g/mol. The van der Waals surface area contributed by atoms with Gasteiger partial charge < -0.3 is 19.8 Å². The van der Waals surface area contributed by atoms with E-state index in [1.165, 1.54) is 12.8 Å². The number of imidazole rings is 1. The van der Waals surface area contributed by atoms with Gasteiger partial charge in [0, 0.05) is 11.5 Å². The van der Waals surface area contributed by atoms with E-state index in [1.54, 1.807) is 0 Å². The van der Waals surface area contributed by atoms with Crippen LogP contribution in [0, 0.1) is 5.41 Å². The molecular formula is C17H19N5O2. The van der Waals surface area contributed by atoms with Crippen molar-refractivity contribution in [2.24, 2.45) is 5.41 Å². The largest absolute Gasteiger partial charge is 0.339 e. The van der Waals surface area contributed by atoms with E-state index in [0.29, 0.717) is 17.2 Å². The van der Waals surface area contributed by atoms with Crippen molar-refractivity contribution in [1.82, 2.24) is 25.4 Å². The molecule has 2 fully saturated rings. The van der Waals surface area contributed by atoms with E-state index >= 15 is 0 Å². The van der Waals surface area contributed by atoms with Crippen molar-refractivity contribution >= 4 is 11.0 Å². The molecule has 1 saturated heterocycles. The highest BCUT2D eigenvalue weighted by Crippen LogP contribution is 2.55. The molecule has 0 atom stereocenters. The molecule has 5 rings (SSSR count). The van der Waals surface area contributed by atoms with Crippen LogP contribution in [0.3, 0.4) is 0 Å². The van der Waals surface area contributed by atoms with E-state index in [4.69, 9.17) is 4.52 Å². The van der Waals surface area contributed by atoms with Gasteiger partial charge in [-0.05, 0) is 62.4 Å². The Labute approximate surface area is 137 Å². The van der Waals surface area contributed by atoms with Crippen molar-refractivity contribution < 1.29 is 4.52 Å². The highest BCUT2D eigenvalue weighted by Gasteiger charge is 2.47. The van der Waals surface area contributed by atoms with E-state index in [1.807, 2.05) is 18.2 Å². The highest BCUT2D eigenvalue weighted by atomic mass is 16.5. The fraction of sp³-hybridized carbons (Fsp3) is 0.471. The topological polar surface area (TPSA) is 99.6 Å². The molecule has 0 unspecified atom stereocenters. The predicted octanol–water partition coefficient (Wildman–Crippen LogP) is 2.15. The summed E-state index contributed by atoms with van der Waals surface area (Å²) in [7, 11) is 0. The van der Waals surface area contributed by atoms with Crippen molar-refractivity contribution in [3.05, 3.63) is 34.6 Å². The lowest BCUT2D eigenvalue weighted by Crippen LogP contribution is -2.44. The molecule has 3 heterocycles. The van der Waals surface area contributed by atoms with Crippen LogP contribution in [0.5, 0.6) is 0 Å². The fourth-order valence-corrected chi connectivity index (χ4v) is 4.22. The molecule has 0 amide bonds. The summed E-state index contributed by atoms with van der Waals surface area (Å²) in [5, 5.41) is 7.56. The molecule has 124 valence electrons. The molecule has 1 aliphatic heterocycles. The molecule has 1 spiro atoms. The minimum atomic E-state index is -0.210. The third kappa shape index (κ3) is 2.19. The van der Waals surface area contributed by atoms with Gasteiger partial charge in [-0.3, -0.25) is 0 Å². The van der Waals surface area contributed by atoms with Gasteiger partial charge in [0.1, 0.15) is 0 Å². The van der Waals surface area contributed by atoms with Crippen LogP contribution in [0.2, 0.25) is 0 Å². The first-order valence-corrected chi connectivity index (χ1v) is 8.48. The first kappa shape index (κ1) is 14.0. The van der Waals surface area contributed by atoms with Gasteiger partial charge in [-0.2, -0.15) is 4.98 Å². The number of rotatable bonds is 2. The molecule has 7 heteroatoms. The van der Waals surface area contributed by atoms with Gasteiger partial charge in [-0.1, -0.05) is 5.16 Å². The zero-order valence-corrected chi connectivity index (χ0v) is 13.3. The summed E-state index contributed by atoms with van der Waals surface area (Å²) in [6.45, 7) is 2.24. The quantitative estimate of drug-likeness (QED) is 0.670. The summed E-state index contributed by atoms with van der Waals surface area (Å²) in [4.78, 5) is 21.4. The number of nitrogens with one attached hydrogen (secondary N) is 3. The molecule has 2 aromatic heterocycles. The van der Waals surface area contributed by atoms with E-state index in [-0.39, 0.29) is 5.69 Å². The zero-order chi connectivity index (χ0) is 16.1. The minimum absolute atomic E-state index is 0.210. The van der Waals surface area contributed by atoms with Crippen molar-refractivity contribution in [2.75, 3.05) is 13.1 Å². The Balaban J connectivity index is 1.37. The van der Waals surface area contributed by atoms with Gasteiger partial charge in [0.25, 0.3) is 0 Å². The molecule has 1 aromatic carbocycles. The molecule has 1 saturated carbocycles. The van der Waals surface area contributed by atoms with Crippen LogP contribution in [0.25, 0.3) is 22.4 Å². The Morgan fingerprint density at radius 3 is 2.75 bits per heavy atom. The van der Waals surface area contributed by atoms with Crippen LogP contribution in [0.15, 0.2) is 27.5 Å². The summed E-state index contributed by atoms with van der Waals surface area (Å²) >= 11 is 0. The maximum absolute atomic E-state index is 11.4. The first-order chi connectivity index (χ1) is 11.7. The first-order valence-electron chi connectivity index (χ1n) is 8.48. The number of hydrogen-bond acceptors (Lipinski definition) is 5. The van der Waals surface area contributed by atoms with Gasteiger partial charge in [0.05, 0.1) is 11.0 Å². The number of piperidine rings is 1. The van der Waals surface area contributed by atoms with Gasteiger partial charge in [0.15, 0.2) is 0 Å². The summed E-state index contributed by atoms with van der Waals surface area (Å²) in [6, 6.07) is 5.62. The molecule has 1 aliphatic carbocycles. The van der Waals surface area contributed by atoms with Crippen molar-refractivity contribution in [1.29, 1.82) is 0 Å². The van der Waals surface area contributed by atoms with Crippen LogP contribution < -0.4 is 11.0 Å². The number of aromatic amines is 2. The summed E-state index contributed by atoms with van der Waals surface area (Å²) in [6.07, 6.45) is 4.81. The summed E-state index contributed by atoms with van der Waals surface area (Å²) in [5.41, 5.74) is 2.66.